The first-order valence-corrected chi connectivity index (χ1v) is 10.5. The van der Waals surface area contributed by atoms with E-state index in [1.807, 2.05) is 13.0 Å². The van der Waals surface area contributed by atoms with E-state index in [2.05, 4.69) is 7.05 Å². The number of hydrogen-bond acceptors (Lipinski definition) is 4. The summed E-state index contributed by atoms with van der Waals surface area (Å²) in [5, 5.41) is 34.0. The summed E-state index contributed by atoms with van der Waals surface area (Å²) >= 11 is 0. The zero-order valence-electron chi connectivity index (χ0n) is 16.2. The van der Waals surface area contributed by atoms with Gasteiger partial charge in [-0.3, -0.25) is 0 Å². The molecule has 1 unspecified atom stereocenters. The molecule has 6 rings (SSSR count). The molecule has 5 nitrogen and oxygen atoms in total. The number of quaternary nitrogens is 1. The molecule has 1 spiro atoms. The number of phenolic OH excluding ortho intramolecular Hbond substituents is 1. The zero-order valence-corrected chi connectivity index (χ0v) is 16.2. The Morgan fingerprint density at radius 2 is 1.96 bits per heavy atom. The van der Waals surface area contributed by atoms with Gasteiger partial charge >= 0.3 is 0 Å². The number of likely N-dealkylation sites (tertiary alicyclic amines) is 1. The highest BCUT2D eigenvalue weighted by molar-refractivity contribution is 5.62. The van der Waals surface area contributed by atoms with Crippen molar-refractivity contribution in [1.29, 1.82) is 0 Å². The second-order valence-corrected chi connectivity index (χ2v) is 10.5. The molecule has 0 amide bonds. The van der Waals surface area contributed by atoms with Gasteiger partial charge in [0.15, 0.2) is 11.5 Å². The van der Waals surface area contributed by atoms with E-state index in [4.69, 9.17) is 4.74 Å². The minimum absolute atomic E-state index is 0.122. The number of piperidine rings is 1. The molecule has 1 aromatic rings. The highest BCUT2D eigenvalue weighted by Gasteiger charge is 2.78. The van der Waals surface area contributed by atoms with Crippen LogP contribution in [0.3, 0.4) is 0 Å². The van der Waals surface area contributed by atoms with Gasteiger partial charge in [-0.25, -0.2) is 0 Å². The zero-order chi connectivity index (χ0) is 18.8. The maximum atomic E-state index is 12.3. The molecule has 3 aliphatic carbocycles. The van der Waals surface area contributed by atoms with Crippen LogP contribution in [0.5, 0.6) is 11.5 Å². The third-order valence-corrected chi connectivity index (χ3v) is 8.81. The highest BCUT2D eigenvalue weighted by Crippen LogP contribution is 2.67. The molecule has 1 aromatic carbocycles. The van der Waals surface area contributed by atoms with E-state index in [0.717, 1.165) is 41.9 Å². The molecule has 2 bridgehead atoms. The maximum absolute atomic E-state index is 12.3. The number of rotatable bonds is 2. The Hall–Kier alpha value is -1.30. The summed E-state index contributed by atoms with van der Waals surface area (Å²) in [5.74, 6) is 1.44. The summed E-state index contributed by atoms with van der Waals surface area (Å²) in [5.41, 5.74) is -0.328. The molecule has 0 radical (unpaired) electrons. The van der Waals surface area contributed by atoms with Crippen LogP contribution in [-0.4, -0.2) is 63.3 Å². The minimum atomic E-state index is -1.01. The molecule has 27 heavy (non-hydrogen) atoms. The Morgan fingerprint density at radius 1 is 1.19 bits per heavy atom. The van der Waals surface area contributed by atoms with Crippen molar-refractivity contribution in [2.45, 2.75) is 74.2 Å². The van der Waals surface area contributed by atoms with E-state index in [-0.39, 0.29) is 11.8 Å². The van der Waals surface area contributed by atoms with E-state index in [9.17, 15) is 15.3 Å². The molecular formula is C22H30NO4+. The van der Waals surface area contributed by atoms with Gasteiger partial charge in [0.05, 0.1) is 31.2 Å². The van der Waals surface area contributed by atoms with Crippen LogP contribution in [0.2, 0.25) is 0 Å². The predicted molar refractivity (Wildman–Crippen MR) is 99.8 cm³/mol. The van der Waals surface area contributed by atoms with Crippen LogP contribution >= 0.6 is 0 Å². The lowest BCUT2D eigenvalue weighted by atomic mass is 9.46. The molecule has 6 atom stereocenters. The summed E-state index contributed by atoms with van der Waals surface area (Å²) < 4.78 is 7.21. The molecule has 2 saturated carbocycles. The van der Waals surface area contributed by atoms with Crippen LogP contribution in [0.25, 0.3) is 0 Å². The van der Waals surface area contributed by atoms with Crippen LogP contribution in [0.4, 0.5) is 0 Å². The van der Waals surface area contributed by atoms with Crippen LogP contribution < -0.4 is 4.74 Å². The third kappa shape index (κ3) is 1.77. The largest absolute Gasteiger partial charge is 0.504 e. The van der Waals surface area contributed by atoms with Crippen LogP contribution in [0.15, 0.2) is 12.1 Å². The number of phenols is 1. The van der Waals surface area contributed by atoms with Gasteiger partial charge in [-0.05, 0) is 44.2 Å². The van der Waals surface area contributed by atoms with Crippen molar-refractivity contribution >= 4 is 0 Å². The van der Waals surface area contributed by atoms with Crippen molar-refractivity contribution in [3.05, 3.63) is 23.3 Å². The van der Waals surface area contributed by atoms with Gasteiger partial charge in [-0.1, -0.05) is 6.07 Å². The Kier molecular flexibility index (Phi) is 2.86. The molecular weight excluding hydrogens is 342 g/mol. The van der Waals surface area contributed by atoms with Crippen molar-refractivity contribution in [3.63, 3.8) is 0 Å². The van der Waals surface area contributed by atoms with Gasteiger partial charge in [0.2, 0.25) is 0 Å². The Bertz CT molecular complexity index is 849. The summed E-state index contributed by atoms with van der Waals surface area (Å²) in [6.07, 6.45) is 4.88. The first kappa shape index (κ1) is 16.6. The maximum Gasteiger partial charge on any atom is 0.165 e. The monoisotopic (exact) mass is 372 g/mol. The smallest absolute Gasteiger partial charge is 0.165 e. The molecule has 1 saturated heterocycles. The third-order valence-electron chi connectivity index (χ3n) is 8.81. The molecule has 3 N–H and O–H groups in total. The van der Waals surface area contributed by atoms with Gasteiger partial charge in [-0.15, -0.1) is 0 Å². The predicted octanol–water partition coefficient (Wildman–Crippen LogP) is 1.85. The quantitative estimate of drug-likeness (QED) is 0.693. The number of hydrogen-bond donors (Lipinski definition) is 3. The van der Waals surface area contributed by atoms with Crippen LogP contribution in [0.1, 0.15) is 50.2 Å². The minimum Gasteiger partial charge on any atom is -0.504 e. The second kappa shape index (κ2) is 4.64. The lowest BCUT2D eigenvalue weighted by Gasteiger charge is -2.66. The second-order valence-electron chi connectivity index (χ2n) is 10.5. The van der Waals surface area contributed by atoms with Gasteiger partial charge in [0, 0.05) is 24.3 Å². The Morgan fingerprint density at radius 3 is 2.70 bits per heavy atom. The average molecular weight is 372 g/mol. The number of likely N-dealkylation sites (N-methyl/N-ethyl adjacent to an activating group) is 1. The number of benzene rings is 1. The average Bonchev–Trinajstić information content (AvgIpc) is 3.32. The standard InChI is InChI=1S/C22H29NO4/c1-20(25)7-8-22(26)16-11-14-5-6-15(24)18-17(14)21(22,19(20)27-18)9-10-23(16,2)12-13-3-4-13/h5-6,13,16,19,25-26H,3-4,7-12H2,1-2H3/p+1/t16-,19-,20?,21-,22+,23+/m0/s1. The molecule has 5 heteroatoms. The van der Waals surface area contributed by atoms with E-state index < -0.39 is 22.7 Å². The molecule has 0 aromatic heterocycles. The first-order chi connectivity index (χ1) is 12.7. The Labute approximate surface area is 160 Å². The number of ether oxygens (including phenoxy) is 1. The lowest BCUT2D eigenvalue weighted by molar-refractivity contribution is -0.950. The van der Waals surface area contributed by atoms with Crippen molar-refractivity contribution < 1.29 is 24.5 Å². The molecule has 3 fully saturated rings. The fourth-order valence-corrected chi connectivity index (χ4v) is 7.39. The molecule has 146 valence electrons. The van der Waals surface area contributed by atoms with E-state index in [1.165, 1.54) is 18.4 Å². The Balaban J connectivity index is 1.60. The van der Waals surface area contributed by atoms with Crippen molar-refractivity contribution in [2.24, 2.45) is 5.92 Å². The summed E-state index contributed by atoms with van der Waals surface area (Å²) in [7, 11) is 2.33. The number of nitrogens with zero attached hydrogens (tertiary/aromatic N) is 1. The van der Waals surface area contributed by atoms with Gasteiger partial charge < -0.3 is 24.5 Å². The fourth-order valence-electron chi connectivity index (χ4n) is 7.39. The number of aliphatic hydroxyl groups is 2. The van der Waals surface area contributed by atoms with Gasteiger partial charge in [0.25, 0.3) is 0 Å². The number of aromatic hydroxyl groups is 1. The molecule has 2 heterocycles. The van der Waals surface area contributed by atoms with Crippen molar-refractivity contribution in [3.8, 4) is 11.5 Å². The highest BCUT2D eigenvalue weighted by atomic mass is 16.5. The normalized spacial score (nSPS) is 49.5. The summed E-state index contributed by atoms with van der Waals surface area (Å²) in [6.45, 7) is 3.98. The van der Waals surface area contributed by atoms with Crippen molar-refractivity contribution in [2.75, 3.05) is 20.1 Å². The molecule has 5 aliphatic rings. The SMILES string of the molecule is CC1(O)CC[C@@]2(O)[C@@H]3Cc4ccc(O)c5c4[C@@]2(CC[N@+]3(C)CC2CC2)[C@H]1O5. The van der Waals surface area contributed by atoms with Crippen LogP contribution in [-0.2, 0) is 11.8 Å². The topological polar surface area (TPSA) is 69.9 Å². The van der Waals surface area contributed by atoms with Gasteiger partial charge in [-0.2, -0.15) is 0 Å². The van der Waals surface area contributed by atoms with E-state index >= 15 is 0 Å². The van der Waals surface area contributed by atoms with Gasteiger partial charge in [0.1, 0.15) is 17.7 Å². The van der Waals surface area contributed by atoms with E-state index in [1.54, 1.807) is 6.07 Å². The first-order valence-electron chi connectivity index (χ1n) is 10.5. The molecule has 2 aliphatic heterocycles. The van der Waals surface area contributed by atoms with Crippen molar-refractivity contribution in [1.82, 2.24) is 0 Å². The fraction of sp³-hybridized carbons (Fsp3) is 0.727. The summed E-state index contributed by atoms with van der Waals surface area (Å²) in [6, 6.07) is 3.86. The van der Waals surface area contributed by atoms with E-state index in [0.29, 0.717) is 18.6 Å². The summed E-state index contributed by atoms with van der Waals surface area (Å²) in [4.78, 5) is 0. The van der Waals surface area contributed by atoms with Crippen LogP contribution in [0, 0.1) is 5.92 Å². The lowest BCUT2D eigenvalue weighted by Crippen LogP contribution is -2.82.